The molecule has 0 saturated carbocycles. The van der Waals surface area contributed by atoms with Crippen LogP contribution in [0.3, 0.4) is 0 Å². The van der Waals surface area contributed by atoms with Crippen molar-refractivity contribution < 1.29 is 4.74 Å². The van der Waals surface area contributed by atoms with Gasteiger partial charge in [0.1, 0.15) is 18.2 Å². The zero-order valence-electron chi connectivity index (χ0n) is 17.9. The minimum atomic E-state index is 0.382. The Morgan fingerprint density at radius 2 is 1.57 bits per heavy atom. The van der Waals surface area contributed by atoms with Gasteiger partial charge in [0.05, 0.1) is 16.1 Å². The number of ether oxygens (including phenoxy) is 1. The number of fused-ring (bicyclic) bond motifs is 1. The van der Waals surface area contributed by atoms with Crippen molar-refractivity contribution in [3.8, 4) is 5.75 Å². The molecule has 5 heteroatoms. The summed E-state index contributed by atoms with van der Waals surface area (Å²) in [7, 11) is 0. The van der Waals surface area contributed by atoms with E-state index in [1.807, 2.05) is 6.07 Å². The summed E-state index contributed by atoms with van der Waals surface area (Å²) in [5, 5.41) is 1.12. The first-order valence-corrected chi connectivity index (χ1v) is 12.0. The maximum atomic E-state index is 6.25. The Kier molecular flexibility index (Phi) is 9.35. The maximum Gasteiger partial charge on any atom is 0.147 e. The zero-order valence-corrected chi connectivity index (χ0v) is 19.4. The van der Waals surface area contributed by atoms with E-state index in [4.69, 9.17) is 32.9 Å². The van der Waals surface area contributed by atoms with E-state index in [-0.39, 0.29) is 0 Å². The number of halogens is 2. The molecule has 30 heavy (non-hydrogen) atoms. The van der Waals surface area contributed by atoms with Crippen LogP contribution in [-0.2, 0) is 13.2 Å². The minimum Gasteiger partial charge on any atom is -0.484 e. The average Bonchev–Trinajstić information content (AvgIpc) is 3.09. The fourth-order valence-corrected chi connectivity index (χ4v) is 4.26. The normalized spacial score (nSPS) is 11.3. The molecule has 0 N–H and O–H groups in total. The molecule has 3 aromatic rings. The topological polar surface area (TPSA) is 27.1 Å². The molecule has 3 rings (SSSR count). The van der Waals surface area contributed by atoms with Crippen molar-refractivity contribution in [2.45, 2.75) is 77.9 Å². The third-order valence-electron chi connectivity index (χ3n) is 5.47. The predicted molar refractivity (Wildman–Crippen MR) is 128 cm³/mol. The standard InChI is InChI=1S/C25H32Cl2N2O/c1-2-3-4-5-6-7-8-9-12-17-29-23-14-11-10-13-22(23)28-25(29)19-30-24-16-15-20(26)18-21(24)27/h10-11,13-16,18H,2-9,12,17,19H2,1H3. The van der Waals surface area contributed by atoms with Crippen LogP contribution in [0.25, 0.3) is 11.0 Å². The highest BCUT2D eigenvalue weighted by atomic mass is 35.5. The van der Waals surface area contributed by atoms with Gasteiger partial charge in [-0.3, -0.25) is 0 Å². The summed E-state index contributed by atoms with van der Waals surface area (Å²) in [5.74, 6) is 1.56. The van der Waals surface area contributed by atoms with Gasteiger partial charge in [0, 0.05) is 11.6 Å². The molecule has 3 nitrogen and oxygen atoms in total. The summed E-state index contributed by atoms with van der Waals surface area (Å²) in [6, 6.07) is 13.6. The van der Waals surface area contributed by atoms with Gasteiger partial charge >= 0.3 is 0 Å². The second-order valence-electron chi connectivity index (χ2n) is 7.86. The first kappa shape index (κ1) is 23.0. The lowest BCUT2D eigenvalue weighted by molar-refractivity contribution is 0.289. The number of benzene rings is 2. The first-order chi connectivity index (χ1) is 14.7. The van der Waals surface area contributed by atoms with Gasteiger partial charge < -0.3 is 9.30 Å². The van der Waals surface area contributed by atoms with Crippen molar-refractivity contribution in [3.63, 3.8) is 0 Å². The fourth-order valence-electron chi connectivity index (χ4n) is 3.80. The van der Waals surface area contributed by atoms with Crippen LogP contribution in [0.15, 0.2) is 42.5 Å². The highest BCUT2D eigenvalue weighted by Gasteiger charge is 2.12. The van der Waals surface area contributed by atoms with Gasteiger partial charge in [-0.15, -0.1) is 0 Å². The predicted octanol–water partition coefficient (Wildman–Crippen LogP) is 8.45. The van der Waals surface area contributed by atoms with E-state index in [1.165, 1.54) is 51.4 Å². The third-order valence-corrected chi connectivity index (χ3v) is 6.00. The number of aryl methyl sites for hydroxylation is 1. The fraction of sp³-hybridized carbons (Fsp3) is 0.480. The molecular weight excluding hydrogens is 415 g/mol. The molecule has 0 saturated heterocycles. The van der Waals surface area contributed by atoms with Crippen molar-refractivity contribution in [3.05, 3.63) is 58.3 Å². The Balaban J connectivity index is 1.55. The van der Waals surface area contributed by atoms with Crippen molar-refractivity contribution in [1.29, 1.82) is 0 Å². The zero-order chi connectivity index (χ0) is 21.2. The second-order valence-corrected chi connectivity index (χ2v) is 8.70. The van der Waals surface area contributed by atoms with Crippen molar-refractivity contribution in [1.82, 2.24) is 9.55 Å². The number of para-hydroxylation sites is 2. The van der Waals surface area contributed by atoms with Crippen LogP contribution in [0.2, 0.25) is 10.0 Å². The highest BCUT2D eigenvalue weighted by Crippen LogP contribution is 2.28. The van der Waals surface area contributed by atoms with Crippen LogP contribution in [0.1, 0.15) is 70.5 Å². The van der Waals surface area contributed by atoms with Crippen molar-refractivity contribution in [2.75, 3.05) is 0 Å². The molecule has 1 aromatic heterocycles. The molecule has 0 radical (unpaired) electrons. The summed E-state index contributed by atoms with van der Waals surface area (Å²) in [6.45, 7) is 3.61. The summed E-state index contributed by atoms with van der Waals surface area (Å²) in [4.78, 5) is 4.80. The summed E-state index contributed by atoms with van der Waals surface area (Å²) < 4.78 is 8.26. The minimum absolute atomic E-state index is 0.382. The number of aromatic nitrogens is 2. The number of rotatable bonds is 13. The van der Waals surface area contributed by atoms with Crippen molar-refractivity contribution >= 4 is 34.2 Å². The first-order valence-electron chi connectivity index (χ1n) is 11.2. The molecule has 0 aliphatic carbocycles. The second kappa shape index (κ2) is 12.2. The van der Waals surface area contributed by atoms with E-state index in [1.54, 1.807) is 18.2 Å². The maximum absolute atomic E-state index is 6.25. The monoisotopic (exact) mass is 446 g/mol. The van der Waals surface area contributed by atoms with E-state index in [2.05, 4.69) is 29.7 Å². The van der Waals surface area contributed by atoms with Gasteiger partial charge in [-0.25, -0.2) is 4.98 Å². The quantitative estimate of drug-likeness (QED) is 0.246. The highest BCUT2D eigenvalue weighted by molar-refractivity contribution is 6.35. The number of imidazole rings is 1. The van der Waals surface area contributed by atoms with Gasteiger partial charge in [0.2, 0.25) is 0 Å². The molecule has 0 aliphatic heterocycles. The van der Waals surface area contributed by atoms with Gasteiger partial charge in [0.15, 0.2) is 0 Å². The number of hydrogen-bond acceptors (Lipinski definition) is 2. The SMILES string of the molecule is CCCCCCCCCCCn1c(COc2ccc(Cl)cc2Cl)nc2ccccc21. The van der Waals surface area contributed by atoms with Gasteiger partial charge in [-0.1, -0.05) is 93.6 Å². The average molecular weight is 447 g/mol. The van der Waals surface area contributed by atoms with Crippen LogP contribution in [-0.4, -0.2) is 9.55 Å². The molecule has 0 amide bonds. The van der Waals surface area contributed by atoms with Crippen LogP contribution < -0.4 is 4.74 Å². The molecule has 0 spiro atoms. The van der Waals surface area contributed by atoms with Crippen molar-refractivity contribution in [2.24, 2.45) is 0 Å². The molecule has 0 fully saturated rings. The Morgan fingerprint density at radius 1 is 0.867 bits per heavy atom. The smallest absolute Gasteiger partial charge is 0.147 e. The van der Waals surface area contributed by atoms with E-state index < -0.39 is 0 Å². The van der Waals surface area contributed by atoms with E-state index in [0.717, 1.165) is 29.8 Å². The summed E-state index contributed by atoms with van der Waals surface area (Å²) in [5.41, 5.74) is 2.17. The Labute approximate surface area is 190 Å². The molecule has 0 bridgehead atoms. The number of hydrogen-bond donors (Lipinski definition) is 0. The number of nitrogens with zero attached hydrogens (tertiary/aromatic N) is 2. The molecular formula is C25H32Cl2N2O. The lowest BCUT2D eigenvalue weighted by atomic mass is 10.1. The molecule has 0 unspecified atom stereocenters. The van der Waals surface area contributed by atoms with Gasteiger partial charge in [-0.05, 0) is 36.8 Å². The van der Waals surface area contributed by atoms with E-state index in [9.17, 15) is 0 Å². The van der Waals surface area contributed by atoms with E-state index >= 15 is 0 Å². The van der Waals surface area contributed by atoms with Crippen LogP contribution in [0, 0.1) is 0 Å². The Morgan fingerprint density at radius 3 is 2.30 bits per heavy atom. The van der Waals surface area contributed by atoms with Gasteiger partial charge in [-0.2, -0.15) is 0 Å². The lowest BCUT2D eigenvalue weighted by Crippen LogP contribution is -2.08. The molecule has 0 aliphatic rings. The Bertz CT molecular complexity index is 923. The van der Waals surface area contributed by atoms with Crippen LogP contribution >= 0.6 is 23.2 Å². The molecule has 162 valence electrons. The summed E-state index contributed by atoms with van der Waals surface area (Å²) in [6.07, 6.45) is 11.9. The van der Waals surface area contributed by atoms with E-state index in [0.29, 0.717) is 22.4 Å². The van der Waals surface area contributed by atoms with Crippen LogP contribution in [0.5, 0.6) is 5.75 Å². The molecule has 2 aromatic carbocycles. The van der Waals surface area contributed by atoms with Crippen LogP contribution in [0.4, 0.5) is 0 Å². The third kappa shape index (κ3) is 6.65. The molecule has 1 heterocycles. The van der Waals surface area contributed by atoms with Gasteiger partial charge in [0.25, 0.3) is 0 Å². The summed E-state index contributed by atoms with van der Waals surface area (Å²) >= 11 is 12.2. The number of unbranched alkanes of at least 4 members (excludes halogenated alkanes) is 8. The largest absolute Gasteiger partial charge is 0.484 e. The molecule has 0 atom stereocenters. The lowest BCUT2D eigenvalue weighted by Gasteiger charge is -2.11. The Hall–Kier alpha value is -1.71.